The van der Waals surface area contributed by atoms with Crippen molar-refractivity contribution in [3.63, 3.8) is 0 Å². The molecule has 2 saturated heterocycles. The molecule has 1 aromatic rings. The van der Waals surface area contributed by atoms with Crippen molar-refractivity contribution in [2.75, 3.05) is 25.9 Å². The molecule has 23 heavy (non-hydrogen) atoms. The first-order valence-electron chi connectivity index (χ1n) is 8.05. The lowest BCUT2D eigenvalue weighted by Crippen LogP contribution is -2.46. The SMILES string of the molecule is Cc1cc([C@H]2CCCN2C(=O)[C@H]2CCCN(S(C)(=O)=O)C2)on1. The molecular weight excluding hydrogens is 318 g/mol. The number of aromatic nitrogens is 1. The van der Waals surface area contributed by atoms with Crippen molar-refractivity contribution in [3.05, 3.63) is 17.5 Å². The zero-order valence-electron chi connectivity index (χ0n) is 13.6. The van der Waals surface area contributed by atoms with Crippen molar-refractivity contribution in [2.45, 2.75) is 38.6 Å². The normalized spacial score (nSPS) is 26.6. The lowest BCUT2D eigenvalue weighted by molar-refractivity contribution is -0.138. The lowest BCUT2D eigenvalue weighted by Gasteiger charge is -2.33. The molecular formula is C15H23N3O4S. The molecule has 0 aromatic carbocycles. The fourth-order valence-electron chi connectivity index (χ4n) is 3.55. The van der Waals surface area contributed by atoms with Crippen LogP contribution in [0.5, 0.6) is 0 Å². The second kappa shape index (κ2) is 6.24. The van der Waals surface area contributed by atoms with E-state index < -0.39 is 10.0 Å². The van der Waals surface area contributed by atoms with Crippen molar-refractivity contribution < 1.29 is 17.7 Å². The summed E-state index contributed by atoms with van der Waals surface area (Å²) >= 11 is 0. The van der Waals surface area contributed by atoms with Crippen LogP contribution in [0.3, 0.4) is 0 Å². The van der Waals surface area contributed by atoms with Gasteiger partial charge in [0.25, 0.3) is 0 Å². The molecule has 3 rings (SSSR count). The van der Waals surface area contributed by atoms with Gasteiger partial charge >= 0.3 is 0 Å². The number of hydrogen-bond donors (Lipinski definition) is 0. The van der Waals surface area contributed by atoms with Gasteiger partial charge < -0.3 is 9.42 Å². The summed E-state index contributed by atoms with van der Waals surface area (Å²) in [4.78, 5) is 14.7. The van der Waals surface area contributed by atoms with Crippen LogP contribution in [-0.4, -0.2) is 54.6 Å². The van der Waals surface area contributed by atoms with Crippen LogP contribution in [0.25, 0.3) is 0 Å². The van der Waals surface area contributed by atoms with E-state index >= 15 is 0 Å². The summed E-state index contributed by atoms with van der Waals surface area (Å²) in [6.45, 7) is 3.35. The number of nitrogens with zero attached hydrogens (tertiary/aromatic N) is 3. The molecule has 0 unspecified atom stereocenters. The number of amides is 1. The molecule has 2 aliphatic rings. The summed E-state index contributed by atoms with van der Waals surface area (Å²) < 4.78 is 30.2. The first kappa shape index (κ1) is 16.4. The molecule has 128 valence electrons. The van der Waals surface area contributed by atoms with Crippen LogP contribution in [0.4, 0.5) is 0 Å². The van der Waals surface area contributed by atoms with Crippen molar-refractivity contribution >= 4 is 15.9 Å². The Labute approximate surface area is 136 Å². The van der Waals surface area contributed by atoms with Crippen LogP contribution < -0.4 is 0 Å². The first-order valence-corrected chi connectivity index (χ1v) is 9.90. The van der Waals surface area contributed by atoms with E-state index in [0.29, 0.717) is 13.1 Å². The molecule has 2 aliphatic heterocycles. The number of piperidine rings is 1. The van der Waals surface area contributed by atoms with Gasteiger partial charge in [-0.25, -0.2) is 12.7 Å². The summed E-state index contributed by atoms with van der Waals surface area (Å²) in [7, 11) is -3.24. The van der Waals surface area contributed by atoms with Crippen LogP contribution >= 0.6 is 0 Å². The molecule has 1 amide bonds. The van der Waals surface area contributed by atoms with Crippen molar-refractivity contribution in [1.82, 2.24) is 14.4 Å². The van der Waals surface area contributed by atoms with Gasteiger partial charge in [-0.3, -0.25) is 4.79 Å². The van der Waals surface area contributed by atoms with Crippen LogP contribution in [0.1, 0.15) is 43.2 Å². The van der Waals surface area contributed by atoms with Gasteiger partial charge in [0.05, 0.1) is 23.9 Å². The third-order valence-electron chi connectivity index (χ3n) is 4.71. The second-order valence-corrected chi connectivity index (χ2v) is 8.50. The van der Waals surface area contributed by atoms with E-state index in [4.69, 9.17) is 4.52 Å². The molecule has 2 atom stereocenters. The van der Waals surface area contributed by atoms with Crippen molar-refractivity contribution in [2.24, 2.45) is 5.92 Å². The molecule has 0 radical (unpaired) electrons. The Morgan fingerprint density at radius 3 is 2.70 bits per heavy atom. The summed E-state index contributed by atoms with van der Waals surface area (Å²) in [5.41, 5.74) is 0.806. The number of likely N-dealkylation sites (tertiary alicyclic amines) is 1. The Morgan fingerprint density at radius 2 is 2.04 bits per heavy atom. The summed E-state index contributed by atoms with van der Waals surface area (Å²) in [6, 6.07) is 1.80. The maximum Gasteiger partial charge on any atom is 0.227 e. The lowest BCUT2D eigenvalue weighted by atomic mass is 9.97. The van der Waals surface area contributed by atoms with Crippen LogP contribution in [0.15, 0.2) is 10.6 Å². The molecule has 8 heteroatoms. The zero-order chi connectivity index (χ0) is 16.6. The molecule has 7 nitrogen and oxygen atoms in total. The number of carbonyl (C=O) groups excluding carboxylic acids is 1. The smallest absolute Gasteiger partial charge is 0.227 e. The highest BCUT2D eigenvalue weighted by Crippen LogP contribution is 2.34. The molecule has 0 bridgehead atoms. The molecule has 2 fully saturated rings. The van der Waals surface area contributed by atoms with Crippen LogP contribution in [0.2, 0.25) is 0 Å². The van der Waals surface area contributed by atoms with Gasteiger partial charge in [-0.05, 0) is 32.6 Å². The molecule has 0 spiro atoms. The van der Waals surface area contributed by atoms with Crippen molar-refractivity contribution in [1.29, 1.82) is 0 Å². The van der Waals surface area contributed by atoms with E-state index in [1.807, 2.05) is 17.9 Å². The largest absolute Gasteiger partial charge is 0.359 e. The molecule has 0 aliphatic carbocycles. The Balaban J connectivity index is 1.74. The standard InChI is InChI=1S/C15H23N3O4S/c1-11-9-14(22-16-11)13-6-4-8-18(13)15(19)12-5-3-7-17(10-12)23(2,20)21/h9,12-13H,3-8,10H2,1-2H3/t12-,13+/m0/s1. The monoisotopic (exact) mass is 341 g/mol. The molecule has 0 saturated carbocycles. The highest BCUT2D eigenvalue weighted by atomic mass is 32.2. The highest BCUT2D eigenvalue weighted by Gasteiger charge is 2.38. The Hall–Kier alpha value is -1.41. The molecule has 0 N–H and O–H groups in total. The maximum absolute atomic E-state index is 12.9. The van der Waals surface area contributed by atoms with Gasteiger partial charge in [-0.1, -0.05) is 5.16 Å². The van der Waals surface area contributed by atoms with Gasteiger partial charge in [0.2, 0.25) is 15.9 Å². The van der Waals surface area contributed by atoms with Crippen molar-refractivity contribution in [3.8, 4) is 0 Å². The third-order valence-corrected chi connectivity index (χ3v) is 5.98. The average molecular weight is 341 g/mol. The van der Waals surface area contributed by atoms with Gasteiger partial charge in [0, 0.05) is 25.7 Å². The number of aryl methyl sites for hydroxylation is 1. The van der Waals surface area contributed by atoms with Crippen LogP contribution in [0, 0.1) is 12.8 Å². The van der Waals surface area contributed by atoms with E-state index in [1.165, 1.54) is 10.6 Å². The number of rotatable bonds is 3. The van der Waals surface area contributed by atoms with E-state index in [-0.39, 0.29) is 24.4 Å². The van der Waals surface area contributed by atoms with Gasteiger partial charge in [0.1, 0.15) is 0 Å². The predicted molar refractivity (Wildman–Crippen MR) is 84.1 cm³/mol. The van der Waals surface area contributed by atoms with Gasteiger partial charge in [0.15, 0.2) is 5.76 Å². The molecule has 3 heterocycles. The predicted octanol–water partition coefficient (Wildman–Crippen LogP) is 1.32. The fourth-order valence-corrected chi connectivity index (χ4v) is 4.46. The number of carbonyl (C=O) groups is 1. The fraction of sp³-hybridized carbons (Fsp3) is 0.733. The van der Waals surface area contributed by atoms with E-state index in [2.05, 4.69) is 5.16 Å². The van der Waals surface area contributed by atoms with E-state index in [0.717, 1.165) is 37.1 Å². The van der Waals surface area contributed by atoms with E-state index in [1.54, 1.807) is 0 Å². The number of hydrogen-bond acceptors (Lipinski definition) is 5. The highest BCUT2D eigenvalue weighted by molar-refractivity contribution is 7.88. The minimum Gasteiger partial charge on any atom is -0.359 e. The Morgan fingerprint density at radius 1 is 1.30 bits per heavy atom. The quantitative estimate of drug-likeness (QED) is 0.828. The number of sulfonamides is 1. The summed E-state index contributed by atoms with van der Waals surface area (Å²) in [5.74, 6) is 0.502. The Kier molecular flexibility index (Phi) is 4.46. The Bertz CT molecular complexity index is 685. The minimum absolute atomic E-state index is 0.0369. The summed E-state index contributed by atoms with van der Waals surface area (Å²) in [6.07, 6.45) is 4.46. The van der Waals surface area contributed by atoms with Gasteiger partial charge in [-0.15, -0.1) is 0 Å². The maximum atomic E-state index is 12.9. The van der Waals surface area contributed by atoms with E-state index in [9.17, 15) is 13.2 Å². The topological polar surface area (TPSA) is 83.7 Å². The third kappa shape index (κ3) is 3.42. The zero-order valence-corrected chi connectivity index (χ0v) is 14.4. The average Bonchev–Trinajstić information content (AvgIpc) is 3.14. The molecule has 1 aromatic heterocycles. The summed E-state index contributed by atoms with van der Waals surface area (Å²) in [5, 5.41) is 3.91. The first-order chi connectivity index (χ1) is 10.9. The second-order valence-electron chi connectivity index (χ2n) is 6.52. The minimum atomic E-state index is -3.24. The van der Waals surface area contributed by atoms with Crippen LogP contribution in [-0.2, 0) is 14.8 Å². The van der Waals surface area contributed by atoms with Gasteiger partial charge in [-0.2, -0.15) is 0 Å².